The largest absolute Gasteiger partial charge is 0.311 e. The van der Waals surface area contributed by atoms with E-state index in [1.165, 1.54) is 87.4 Å². The number of fused-ring (bicyclic) bond motifs is 8. The highest BCUT2D eigenvalue weighted by Crippen LogP contribution is 2.43. The smallest absolute Gasteiger partial charge is 0.0547 e. The van der Waals surface area contributed by atoms with Crippen LogP contribution >= 0.6 is 0 Å². The molecule has 83 heavy (non-hydrogen) atoms. The van der Waals surface area contributed by atoms with Crippen LogP contribution in [0.1, 0.15) is 0 Å². The summed E-state index contributed by atoms with van der Waals surface area (Å²) in [6.45, 7) is 0. The van der Waals surface area contributed by atoms with E-state index in [-0.39, 0.29) is 0 Å². The van der Waals surface area contributed by atoms with Crippen molar-refractivity contribution in [1.82, 2.24) is 9.13 Å². The number of benzene rings is 14. The van der Waals surface area contributed by atoms with Crippen molar-refractivity contribution < 1.29 is 0 Å². The van der Waals surface area contributed by atoms with Crippen LogP contribution in [0.25, 0.3) is 132 Å². The summed E-state index contributed by atoms with van der Waals surface area (Å²) in [5.74, 6) is 0. The van der Waals surface area contributed by atoms with E-state index >= 15 is 0 Å². The van der Waals surface area contributed by atoms with Crippen LogP contribution in [-0.2, 0) is 0 Å². The fourth-order valence-electron chi connectivity index (χ4n) is 12.7. The van der Waals surface area contributed by atoms with Crippen molar-refractivity contribution in [3.05, 3.63) is 322 Å². The molecule has 2 aromatic heterocycles. The van der Waals surface area contributed by atoms with Crippen molar-refractivity contribution in [2.24, 2.45) is 0 Å². The molecule has 388 valence electrons. The second-order valence-electron chi connectivity index (χ2n) is 21.7. The number of para-hydroxylation sites is 2. The SMILES string of the molecule is c1ccc(-c2ccc(N(c3ccc(-c4ccccc4)cc3)c3ccc(-c4cc(-c5ccc6c(c5)c5cc7ccccc7cc5n6-c5ccccc5)cc(-c5ccc6c(c5)c5cc7ccccc7cc5n6-c5ccccc5)c4)cc3)cc2)cc1. The number of nitrogens with zero attached hydrogens (tertiary/aromatic N) is 3. The summed E-state index contributed by atoms with van der Waals surface area (Å²) in [7, 11) is 0. The number of anilines is 3. The zero-order valence-corrected chi connectivity index (χ0v) is 45.4. The molecule has 16 rings (SSSR count). The van der Waals surface area contributed by atoms with Gasteiger partial charge in [0.2, 0.25) is 0 Å². The third-order valence-corrected chi connectivity index (χ3v) is 16.8. The summed E-state index contributed by atoms with van der Waals surface area (Å²) in [6.07, 6.45) is 0. The molecule has 0 aliphatic carbocycles. The zero-order valence-electron chi connectivity index (χ0n) is 45.4. The van der Waals surface area contributed by atoms with Gasteiger partial charge in [0.05, 0.1) is 22.1 Å². The topological polar surface area (TPSA) is 13.1 Å². The highest BCUT2D eigenvalue weighted by atomic mass is 15.1. The molecule has 0 spiro atoms. The highest BCUT2D eigenvalue weighted by molar-refractivity contribution is 6.16. The molecule has 3 heteroatoms. The summed E-state index contributed by atoms with van der Waals surface area (Å²) in [5, 5.41) is 9.83. The van der Waals surface area contributed by atoms with Gasteiger partial charge in [-0.2, -0.15) is 0 Å². The molecule has 0 amide bonds. The van der Waals surface area contributed by atoms with Gasteiger partial charge in [-0.1, -0.05) is 194 Å². The van der Waals surface area contributed by atoms with Crippen LogP contribution < -0.4 is 4.90 Å². The molecular formula is C80H53N3. The first-order valence-electron chi connectivity index (χ1n) is 28.5. The lowest BCUT2D eigenvalue weighted by molar-refractivity contribution is 1.18. The zero-order chi connectivity index (χ0) is 54.8. The monoisotopic (exact) mass is 1060 g/mol. The molecule has 0 N–H and O–H groups in total. The lowest BCUT2D eigenvalue weighted by Crippen LogP contribution is -2.09. The van der Waals surface area contributed by atoms with Gasteiger partial charge in [-0.3, -0.25) is 0 Å². The first kappa shape index (κ1) is 48.0. The highest BCUT2D eigenvalue weighted by Gasteiger charge is 2.20. The molecule has 0 bridgehead atoms. The van der Waals surface area contributed by atoms with Crippen LogP contribution in [0.4, 0.5) is 17.1 Å². The Hall–Kier alpha value is -11.0. The lowest BCUT2D eigenvalue weighted by Gasteiger charge is -2.26. The molecule has 0 unspecified atom stereocenters. The third-order valence-electron chi connectivity index (χ3n) is 16.8. The average Bonchev–Trinajstić information content (AvgIpc) is 3.52. The quantitative estimate of drug-likeness (QED) is 0.133. The molecule has 0 saturated heterocycles. The Morgan fingerprint density at radius 2 is 0.458 bits per heavy atom. The molecule has 0 atom stereocenters. The molecule has 14 aromatic carbocycles. The number of rotatable bonds is 10. The van der Waals surface area contributed by atoms with E-state index in [2.05, 4.69) is 336 Å². The van der Waals surface area contributed by atoms with Crippen LogP contribution in [0.5, 0.6) is 0 Å². The molecule has 0 saturated carbocycles. The Bertz CT molecular complexity index is 4780. The van der Waals surface area contributed by atoms with Crippen LogP contribution in [0.15, 0.2) is 322 Å². The number of aromatic nitrogens is 2. The van der Waals surface area contributed by atoms with E-state index in [0.29, 0.717) is 0 Å². The first-order chi connectivity index (χ1) is 41.1. The molecule has 0 radical (unpaired) electrons. The van der Waals surface area contributed by atoms with Gasteiger partial charge in [0.1, 0.15) is 0 Å². The lowest BCUT2D eigenvalue weighted by atomic mass is 9.92. The minimum Gasteiger partial charge on any atom is -0.311 e. The molecule has 0 fully saturated rings. The molecule has 0 aliphatic rings. The van der Waals surface area contributed by atoms with Crippen LogP contribution in [0.2, 0.25) is 0 Å². The van der Waals surface area contributed by atoms with Crippen LogP contribution in [0, 0.1) is 0 Å². The van der Waals surface area contributed by atoms with Gasteiger partial charge in [0, 0.05) is 50.0 Å². The molecule has 0 aliphatic heterocycles. The second kappa shape index (κ2) is 20.0. The molecule has 3 nitrogen and oxygen atoms in total. The van der Waals surface area contributed by atoms with Crippen molar-refractivity contribution in [3.8, 4) is 67.0 Å². The van der Waals surface area contributed by atoms with E-state index in [4.69, 9.17) is 0 Å². The number of hydrogen-bond acceptors (Lipinski definition) is 1. The summed E-state index contributed by atoms with van der Waals surface area (Å²) >= 11 is 0. The Morgan fingerprint density at radius 3 is 0.831 bits per heavy atom. The Kier molecular flexibility index (Phi) is 11.5. The molecular weight excluding hydrogens is 1000 g/mol. The first-order valence-corrected chi connectivity index (χ1v) is 28.5. The van der Waals surface area contributed by atoms with Crippen molar-refractivity contribution >= 4 is 82.2 Å². The van der Waals surface area contributed by atoms with Gasteiger partial charge in [-0.15, -0.1) is 0 Å². The van der Waals surface area contributed by atoms with Gasteiger partial charge in [0.15, 0.2) is 0 Å². The second-order valence-corrected chi connectivity index (χ2v) is 21.7. The summed E-state index contributed by atoms with van der Waals surface area (Å²) in [4.78, 5) is 2.36. The average molecular weight is 1060 g/mol. The predicted octanol–water partition coefficient (Wildman–Crippen LogP) is 22.0. The van der Waals surface area contributed by atoms with Gasteiger partial charge < -0.3 is 14.0 Å². The fraction of sp³-hybridized carbons (Fsp3) is 0. The minimum absolute atomic E-state index is 1.07. The minimum atomic E-state index is 1.07. The molecule has 2 heterocycles. The van der Waals surface area contributed by atoms with E-state index < -0.39 is 0 Å². The van der Waals surface area contributed by atoms with Crippen molar-refractivity contribution in [3.63, 3.8) is 0 Å². The van der Waals surface area contributed by atoms with Crippen LogP contribution in [-0.4, -0.2) is 9.13 Å². The Balaban J connectivity index is 0.869. The van der Waals surface area contributed by atoms with Gasteiger partial charge >= 0.3 is 0 Å². The van der Waals surface area contributed by atoms with Gasteiger partial charge in [-0.25, -0.2) is 0 Å². The van der Waals surface area contributed by atoms with E-state index in [1.807, 2.05) is 0 Å². The maximum atomic E-state index is 2.42. The fourth-order valence-corrected chi connectivity index (χ4v) is 12.7. The third kappa shape index (κ3) is 8.54. The Labute approximate surface area is 482 Å². The van der Waals surface area contributed by atoms with Gasteiger partial charge in [-0.05, 0) is 205 Å². The van der Waals surface area contributed by atoms with E-state index in [9.17, 15) is 0 Å². The predicted molar refractivity (Wildman–Crippen MR) is 352 cm³/mol. The summed E-state index contributed by atoms with van der Waals surface area (Å²) < 4.78 is 4.85. The van der Waals surface area contributed by atoms with Gasteiger partial charge in [0.25, 0.3) is 0 Å². The normalized spacial score (nSPS) is 11.6. The van der Waals surface area contributed by atoms with Crippen LogP contribution in [0.3, 0.4) is 0 Å². The number of hydrogen-bond donors (Lipinski definition) is 0. The molecule has 16 aromatic rings. The van der Waals surface area contributed by atoms with E-state index in [1.54, 1.807) is 0 Å². The standard InChI is InChI=1S/C80H53N3/c1-5-17-54(18-6-1)56-29-37-70(38-30-56)81(71-39-31-57(32-40-71)55-19-7-2-8-20-55)72-41-33-58(34-42-72)65-45-66(63-35-43-77-73(50-63)75-48-59-21-13-15-23-61(59)52-79(75)82(77)68-25-9-3-10-26-68)47-67(46-65)64-36-44-78-74(51-64)76-49-60-22-14-16-24-62(60)53-80(76)83(78)69-27-11-4-12-28-69/h1-53H. The van der Waals surface area contributed by atoms with Crippen molar-refractivity contribution in [2.45, 2.75) is 0 Å². The maximum Gasteiger partial charge on any atom is 0.0547 e. The van der Waals surface area contributed by atoms with Crippen molar-refractivity contribution in [1.29, 1.82) is 0 Å². The van der Waals surface area contributed by atoms with Crippen molar-refractivity contribution in [2.75, 3.05) is 4.90 Å². The van der Waals surface area contributed by atoms with E-state index in [0.717, 1.165) is 61.8 Å². The Morgan fingerprint density at radius 1 is 0.181 bits per heavy atom. The summed E-state index contributed by atoms with van der Waals surface area (Å²) in [6, 6.07) is 118. The maximum absolute atomic E-state index is 2.42. The summed E-state index contributed by atoms with van der Waals surface area (Å²) in [5.41, 5.74) is 22.0.